The molecule has 1 aromatic heterocycles. The van der Waals surface area contributed by atoms with Gasteiger partial charge in [-0.05, 0) is 18.2 Å². The molecule has 1 heterocycles. The third-order valence-electron chi connectivity index (χ3n) is 2.83. The minimum Gasteiger partial charge on any atom is -0.351 e. The molecule has 0 bridgehead atoms. The molecule has 0 aliphatic heterocycles. The number of halogens is 3. The SMILES string of the molecule is N#Cc1c(Cl)cccc1Nc1c(Cl)cc(Cl)c2nsnc12. The molecule has 0 aliphatic rings. The van der Waals surface area contributed by atoms with Crippen LogP contribution < -0.4 is 5.32 Å². The van der Waals surface area contributed by atoms with Gasteiger partial charge in [0.1, 0.15) is 17.1 Å². The van der Waals surface area contributed by atoms with E-state index in [4.69, 9.17) is 34.8 Å². The maximum Gasteiger partial charge on any atom is 0.131 e. The van der Waals surface area contributed by atoms with Gasteiger partial charge in [0.05, 0.1) is 43.7 Å². The number of nitriles is 1. The zero-order valence-electron chi connectivity index (χ0n) is 10.2. The summed E-state index contributed by atoms with van der Waals surface area (Å²) in [6.45, 7) is 0. The highest BCUT2D eigenvalue weighted by molar-refractivity contribution is 7.00. The first-order valence-corrected chi connectivity index (χ1v) is 7.54. The fraction of sp³-hybridized carbons (Fsp3) is 0. The molecular formula is C13H5Cl3N4S. The average Bonchev–Trinajstić information content (AvgIpc) is 2.93. The van der Waals surface area contributed by atoms with Crippen molar-refractivity contribution in [3.8, 4) is 6.07 Å². The Hall–Kier alpha value is -1.58. The van der Waals surface area contributed by atoms with Gasteiger partial charge in [0, 0.05) is 0 Å². The number of fused-ring (bicyclic) bond motifs is 1. The van der Waals surface area contributed by atoms with Gasteiger partial charge in [0.15, 0.2) is 0 Å². The Morgan fingerprint density at radius 1 is 1.05 bits per heavy atom. The Morgan fingerprint density at radius 2 is 1.81 bits per heavy atom. The fourth-order valence-corrected chi connectivity index (χ4v) is 3.25. The van der Waals surface area contributed by atoms with Crippen molar-refractivity contribution in [2.45, 2.75) is 0 Å². The molecule has 3 aromatic rings. The second-order valence-corrected chi connectivity index (χ2v) is 5.83. The van der Waals surface area contributed by atoms with Crippen LogP contribution in [0.1, 0.15) is 5.56 Å². The van der Waals surface area contributed by atoms with Crippen LogP contribution in [0.4, 0.5) is 11.4 Å². The lowest BCUT2D eigenvalue weighted by atomic mass is 10.1. The standard InChI is InChI=1S/C13H5Cl3N4S/c14-7-2-1-3-10(6(7)5-17)18-11-8(15)4-9(16)12-13(11)20-21-19-12/h1-4,18H. The van der Waals surface area contributed by atoms with Crippen molar-refractivity contribution in [3.05, 3.63) is 44.9 Å². The molecule has 0 radical (unpaired) electrons. The largest absolute Gasteiger partial charge is 0.351 e. The van der Waals surface area contributed by atoms with Gasteiger partial charge in [-0.1, -0.05) is 40.9 Å². The van der Waals surface area contributed by atoms with E-state index in [0.717, 1.165) is 11.7 Å². The lowest BCUT2D eigenvalue weighted by Gasteiger charge is -2.11. The van der Waals surface area contributed by atoms with Crippen LogP contribution in [-0.4, -0.2) is 8.75 Å². The van der Waals surface area contributed by atoms with Crippen LogP contribution in [0.3, 0.4) is 0 Å². The van der Waals surface area contributed by atoms with Crippen molar-refractivity contribution < 1.29 is 0 Å². The molecule has 1 N–H and O–H groups in total. The van der Waals surface area contributed by atoms with Gasteiger partial charge in [0.2, 0.25) is 0 Å². The summed E-state index contributed by atoms with van der Waals surface area (Å²) in [6.07, 6.45) is 0. The maximum absolute atomic E-state index is 9.21. The first kappa shape index (κ1) is 14.4. The second-order valence-electron chi connectivity index (χ2n) is 4.08. The number of anilines is 2. The topological polar surface area (TPSA) is 61.6 Å². The highest BCUT2D eigenvalue weighted by Crippen LogP contribution is 2.38. The molecule has 0 saturated carbocycles. The van der Waals surface area contributed by atoms with Crippen molar-refractivity contribution in [1.29, 1.82) is 5.26 Å². The van der Waals surface area contributed by atoms with Crippen LogP contribution in [0.2, 0.25) is 15.1 Å². The van der Waals surface area contributed by atoms with Crippen LogP contribution in [-0.2, 0) is 0 Å². The molecule has 0 atom stereocenters. The van der Waals surface area contributed by atoms with E-state index in [0.29, 0.717) is 43.0 Å². The summed E-state index contributed by atoms with van der Waals surface area (Å²) in [7, 11) is 0. The Balaban J connectivity index is 2.18. The smallest absolute Gasteiger partial charge is 0.131 e. The van der Waals surface area contributed by atoms with Crippen LogP contribution in [0, 0.1) is 11.3 Å². The Morgan fingerprint density at radius 3 is 2.57 bits per heavy atom. The van der Waals surface area contributed by atoms with E-state index in [1.165, 1.54) is 0 Å². The van der Waals surface area contributed by atoms with E-state index in [-0.39, 0.29) is 0 Å². The molecular weight excluding hydrogens is 351 g/mol. The molecule has 8 heteroatoms. The highest BCUT2D eigenvalue weighted by atomic mass is 35.5. The number of nitrogens with one attached hydrogen (secondary N) is 1. The number of aromatic nitrogens is 2. The van der Waals surface area contributed by atoms with Gasteiger partial charge in [0.25, 0.3) is 0 Å². The van der Waals surface area contributed by atoms with E-state index in [2.05, 4.69) is 20.1 Å². The quantitative estimate of drug-likeness (QED) is 0.680. The Labute approximate surface area is 139 Å². The number of hydrogen-bond acceptors (Lipinski definition) is 5. The van der Waals surface area contributed by atoms with Gasteiger partial charge < -0.3 is 5.32 Å². The van der Waals surface area contributed by atoms with Crippen LogP contribution >= 0.6 is 46.5 Å². The molecule has 0 saturated heterocycles. The van der Waals surface area contributed by atoms with Crippen molar-refractivity contribution in [2.75, 3.05) is 5.32 Å². The zero-order chi connectivity index (χ0) is 15.0. The average molecular weight is 356 g/mol. The van der Waals surface area contributed by atoms with E-state index < -0.39 is 0 Å². The highest BCUT2D eigenvalue weighted by Gasteiger charge is 2.16. The van der Waals surface area contributed by atoms with E-state index in [9.17, 15) is 5.26 Å². The van der Waals surface area contributed by atoms with Crippen LogP contribution in [0.5, 0.6) is 0 Å². The lowest BCUT2D eigenvalue weighted by molar-refractivity contribution is 1.46. The van der Waals surface area contributed by atoms with Crippen molar-refractivity contribution in [3.63, 3.8) is 0 Å². The number of hydrogen-bond donors (Lipinski definition) is 1. The molecule has 0 amide bonds. The molecule has 2 aromatic carbocycles. The molecule has 4 nitrogen and oxygen atoms in total. The molecule has 104 valence electrons. The summed E-state index contributed by atoms with van der Waals surface area (Å²) >= 11 is 19.4. The fourth-order valence-electron chi connectivity index (χ4n) is 1.87. The Kier molecular flexibility index (Phi) is 3.87. The van der Waals surface area contributed by atoms with Gasteiger partial charge in [-0.3, -0.25) is 0 Å². The van der Waals surface area contributed by atoms with Gasteiger partial charge >= 0.3 is 0 Å². The van der Waals surface area contributed by atoms with Crippen molar-refractivity contribution >= 4 is 68.9 Å². The summed E-state index contributed by atoms with van der Waals surface area (Å²) in [6, 6.07) is 8.78. The first-order chi connectivity index (χ1) is 10.1. The maximum atomic E-state index is 9.21. The van der Waals surface area contributed by atoms with E-state index in [1.54, 1.807) is 24.3 Å². The second kappa shape index (κ2) is 5.66. The number of benzene rings is 2. The summed E-state index contributed by atoms with van der Waals surface area (Å²) < 4.78 is 8.33. The van der Waals surface area contributed by atoms with Crippen molar-refractivity contribution in [2.24, 2.45) is 0 Å². The van der Waals surface area contributed by atoms with Gasteiger partial charge in [-0.15, -0.1) is 0 Å². The zero-order valence-corrected chi connectivity index (χ0v) is 13.3. The van der Waals surface area contributed by atoms with E-state index in [1.807, 2.05) is 0 Å². The van der Waals surface area contributed by atoms with Crippen LogP contribution in [0.25, 0.3) is 11.0 Å². The normalized spacial score (nSPS) is 10.6. The third kappa shape index (κ3) is 2.52. The summed E-state index contributed by atoms with van der Waals surface area (Å²) in [5.41, 5.74) is 2.55. The van der Waals surface area contributed by atoms with Gasteiger partial charge in [-0.2, -0.15) is 14.0 Å². The summed E-state index contributed by atoms with van der Waals surface area (Å²) in [5, 5.41) is 13.5. The molecule has 0 aliphatic carbocycles. The predicted molar refractivity (Wildman–Crippen MR) is 86.9 cm³/mol. The van der Waals surface area contributed by atoms with Crippen LogP contribution in [0.15, 0.2) is 24.3 Å². The minimum absolute atomic E-state index is 0.335. The van der Waals surface area contributed by atoms with Crippen molar-refractivity contribution in [1.82, 2.24) is 8.75 Å². The van der Waals surface area contributed by atoms with Gasteiger partial charge in [-0.25, -0.2) is 0 Å². The third-order valence-corrected chi connectivity index (χ3v) is 4.26. The predicted octanol–water partition coefficient (Wildman–Crippen LogP) is 5.27. The summed E-state index contributed by atoms with van der Waals surface area (Å²) in [4.78, 5) is 0. The molecule has 0 unspecified atom stereocenters. The Bertz CT molecular complexity index is 885. The number of rotatable bonds is 2. The first-order valence-electron chi connectivity index (χ1n) is 5.67. The molecule has 21 heavy (non-hydrogen) atoms. The molecule has 3 rings (SSSR count). The van der Waals surface area contributed by atoms with E-state index >= 15 is 0 Å². The molecule has 0 spiro atoms. The lowest BCUT2D eigenvalue weighted by Crippen LogP contribution is -1.96. The number of nitrogens with zero attached hydrogens (tertiary/aromatic N) is 3. The summed E-state index contributed by atoms with van der Waals surface area (Å²) in [5.74, 6) is 0. The monoisotopic (exact) mass is 354 g/mol. The molecule has 0 fully saturated rings. The minimum atomic E-state index is 0.335.